The Bertz CT molecular complexity index is 476. The minimum absolute atomic E-state index is 1.13. The van der Waals surface area contributed by atoms with Crippen molar-refractivity contribution in [3.05, 3.63) is 65.7 Å². The van der Waals surface area contributed by atoms with E-state index < -0.39 is 0 Å². The van der Waals surface area contributed by atoms with E-state index in [1.54, 1.807) is 4.90 Å². The van der Waals surface area contributed by atoms with Gasteiger partial charge in [0.15, 0.2) is 0 Å². The van der Waals surface area contributed by atoms with Crippen LogP contribution in [0.25, 0.3) is 0 Å². The monoisotopic (exact) mass is 210 g/mol. The van der Waals surface area contributed by atoms with Crippen LogP contribution in [-0.4, -0.2) is 6.54 Å². The van der Waals surface area contributed by atoms with E-state index in [0.717, 1.165) is 6.54 Å². The number of rotatable bonds is 1. The Balaban J connectivity index is 1.89. The zero-order chi connectivity index (χ0) is 10.8. The lowest BCUT2D eigenvalue weighted by Gasteiger charge is -2.25. The molecule has 0 fully saturated rings. The highest BCUT2D eigenvalue weighted by molar-refractivity contribution is 5.32. The molecule has 0 bridgehead atoms. The topological polar surface area (TPSA) is 4.44 Å². The van der Waals surface area contributed by atoms with Crippen LogP contribution in [0.15, 0.2) is 54.6 Å². The van der Waals surface area contributed by atoms with Crippen molar-refractivity contribution >= 4 is 5.69 Å². The molecule has 0 saturated carbocycles. The van der Waals surface area contributed by atoms with Crippen molar-refractivity contribution in [1.29, 1.82) is 0 Å². The molecule has 80 valence electrons. The number of fused-ring (bicyclic) bond motifs is 1. The maximum absolute atomic E-state index is 2.26. The van der Waals surface area contributed by atoms with Crippen LogP contribution in [0.1, 0.15) is 11.1 Å². The van der Waals surface area contributed by atoms with Gasteiger partial charge in [0.05, 0.1) is 6.54 Å². The first-order valence-corrected chi connectivity index (χ1v) is 5.90. The van der Waals surface area contributed by atoms with Crippen molar-refractivity contribution in [1.82, 2.24) is 0 Å². The lowest BCUT2D eigenvalue weighted by atomic mass is 9.99. The van der Waals surface area contributed by atoms with E-state index in [1.165, 1.54) is 29.8 Å². The van der Waals surface area contributed by atoms with E-state index in [1.807, 2.05) is 0 Å². The number of hydrogen-bond acceptors (Lipinski definition) is 0. The molecule has 1 heteroatoms. The first-order valence-electron chi connectivity index (χ1n) is 5.90. The summed E-state index contributed by atoms with van der Waals surface area (Å²) in [6, 6.07) is 19.6. The normalized spacial score (nSPS) is 19.1. The molecule has 0 radical (unpaired) electrons. The Morgan fingerprint density at radius 3 is 2.25 bits per heavy atom. The van der Waals surface area contributed by atoms with Gasteiger partial charge in [-0.15, -0.1) is 0 Å². The number of nitrogens with one attached hydrogen (secondary N) is 1. The highest BCUT2D eigenvalue weighted by atomic mass is 15.1. The fourth-order valence-corrected chi connectivity index (χ4v) is 2.50. The highest BCUT2D eigenvalue weighted by Gasteiger charge is 2.19. The largest absolute Gasteiger partial charge is 0.298 e. The van der Waals surface area contributed by atoms with Crippen LogP contribution < -0.4 is 4.90 Å². The number of benzene rings is 2. The molecule has 1 aliphatic heterocycles. The molecule has 1 unspecified atom stereocenters. The first-order chi connectivity index (χ1) is 7.93. The van der Waals surface area contributed by atoms with Gasteiger partial charge in [0, 0.05) is 12.0 Å². The third kappa shape index (κ3) is 1.74. The summed E-state index contributed by atoms with van der Waals surface area (Å²) in [6.07, 6.45) is 1.19. The predicted octanol–water partition coefficient (Wildman–Crippen LogP) is 1.96. The molecule has 0 saturated heterocycles. The Labute approximate surface area is 96.3 Å². The van der Waals surface area contributed by atoms with Crippen molar-refractivity contribution in [3.8, 4) is 0 Å². The second-order valence-electron chi connectivity index (χ2n) is 4.42. The molecule has 1 nitrogen and oxygen atoms in total. The average Bonchev–Trinajstić information content (AvgIpc) is 2.39. The van der Waals surface area contributed by atoms with Crippen LogP contribution in [0.4, 0.5) is 5.69 Å². The van der Waals surface area contributed by atoms with Crippen LogP contribution in [0.2, 0.25) is 0 Å². The molecule has 3 rings (SSSR count). The molecule has 1 N–H and O–H groups in total. The number of quaternary nitrogens is 1. The standard InChI is InChI=1S/C15H15N/c1-2-8-15(9-3-1)16-11-10-13-6-4-5-7-14(13)12-16/h1-9H,10-12H2/p+1. The molecule has 0 amide bonds. The van der Waals surface area contributed by atoms with Gasteiger partial charge in [-0.3, -0.25) is 4.90 Å². The molecule has 1 atom stereocenters. The van der Waals surface area contributed by atoms with E-state index in [2.05, 4.69) is 54.6 Å². The van der Waals surface area contributed by atoms with Gasteiger partial charge in [0.25, 0.3) is 0 Å². The third-order valence-corrected chi connectivity index (χ3v) is 3.40. The van der Waals surface area contributed by atoms with Gasteiger partial charge < -0.3 is 0 Å². The Morgan fingerprint density at radius 1 is 0.750 bits per heavy atom. The molecule has 1 heterocycles. The van der Waals surface area contributed by atoms with Crippen LogP contribution in [0.3, 0.4) is 0 Å². The Morgan fingerprint density at radius 2 is 1.44 bits per heavy atom. The van der Waals surface area contributed by atoms with Gasteiger partial charge in [0.2, 0.25) is 0 Å². The predicted molar refractivity (Wildman–Crippen MR) is 65.8 cm³/mol. The fourth-order valence-electron chi connectivity index (χ4n) is 2.50. The van der Waals surface area contributed by atoms with E-state index in [-0.39, 0.29) is 0 Å². The van der Waals surface area contributed by atoms with Gasteiger partial charge in [-0.05, 0) is 17.7 Å². The van der Waals surface area contributed by atoms with Crippen LogP contribution in [0, 0.1) is 0 Å². The van der Waals surface area contributed by atoms with Crippen molar-refractivity contribution in [2.75, 3.05) is 6.54 Å². The molecule has 0 aromatic heterocycles. The maximum atomic E-state index is 2.26. The third-order valence-electron chi connectivity index (χ3n) is 3.40. The lowest BCUT2D eigenvalue weighted by molar-refractivity contribution is -0.849. The van der Waals surface area contributed by atoms with Gasteiger partial charge in [-0.1, -0.05) is 42.5 Å². The molecule has 2 aromatic rings. The zero-order valence-electron chi connectivity index (χ0n) is 9.32. The van der Waals surface area contributed by atoms with Crippen molar-refractivity contribution in [2.24, 2.45) is 0 Å². The summed E-state index contributed by atoms with van der Waals surface area (Å²) in [5, 5.41) is 0. The quantitative estimate of drug-likeness (QED) is 0.734. The summed E-state index contributed by atoms with van der Waals surface area (Å²) in [7, 11) is 0. The van der Waals surface area contributed by atoms with Gasteiger partial charge in [-0.25, -0.2) is 0 Å². The molecule has 1 aliphatic rings. The van der Waals surface area contributed by atoms with E-state index >= 15 is 0 Å². The summed E-state index contributed by atoms with van der Waals surface area (Å²) in [4.78, 5) is 1.58. The average molecular weight is 210 g/mol. The summed E-state index contributed by atoms with van der Waals surface area (Å²) in [6.45, 7) is 2.33. The van der Waals surface area contributed by atoms with Crippen LogP contribution in [-0.2, 0) is 13.0 Å². The highest BCUT2D eigenvalue weighted by Crippen LogP contribution is 2.12. The smallest absolute Gasteiger partial charge is 0.131 e. The van der Waals surface area contributed by atoms with Gasteiger partial charge in [-0.2, -0.15) is 0 Å². The first kappa shape index (κ1) is 9.61. The fraction of sp³-hybridized carbons (Fsp3) is 0.200. The van der Waals surface area contributed by atoms with Crippen molar-refractivity contribution < 1.29 is 4.90 Å². The molecule has 0 aliphatic carbocycles. The molecule has 0 spiro atoms. The summed E-state index contributed by atoms with van der Waals surface area (Å²) in [5.41, 5.74) is 4.45. The second-order valence-corrected chi connectivity index (χ2v) is 4.42. The summed E-state index contributed by atoms with van der Waals surface area (Å²) in [5.74, 6) is 0. The summed E-state index contributed by atoms with van der Waals surface area (Å²) >= 11 is 0. The number of hydrogen-bond donors (Lipinski definition) is 1. The minimum Gasteiger partial charge on any atom is -0.298 e. The van der Waals surface area contributed by atoms with Crippen molar-refractivity contribution in [3.63, 3.8) is 0 Å². The molecular formula is C15H16N+. The summed E-state index contributed by atoms with van der Waals surface area (Å²) < 4.78 is 0. The van der Waals surface area contributed by atoms with E-state index in [0.29, 0.717) is 0 Å². The second kappa shape index (κ2) is 4.11. The van der Waals surface area contributed by atoms with Gasteiger partial charge in [0.1, 0.15) is 12.2 Å². The Hall–Kier alpha value is -1.60. The molecule has 2 aromatic carbocycles. The molecular weight excluding hydrogens is 194 g/mol. The minimum atomic E-state index is 1.13. The van der Waals surface area contributed by atoms with Crippen LogP contribution in [0.5, 0.6) is 0 Å². The zero-order valence-corrected chi connectivity index (χ0v) is 9.32. The Kier molecular flexibility index (Phi) is 2.47. The van der Waals surface area contributed by atoms with Crippen molar-refractivity contribution in [2.45, 2.75) is 13.0 Å². The number of para-hydroxylation sites is 1. The van der Waals surface area contributed by atoms with E-state index in [4.69, 9.17) is 0 Å². The van der Waals surface area contributed by atoms with Crippen LogP contribution >= 0.6 is 0 Å². The van der Waals surface area contributed by atoms with E-state index in [9.17, 15) is 0 Å². The molecule has 16 heavy (non-hydrogen) atoms. The maximum Gasteiger partial charge on any atom is 0.131 e. The SMILES string of the molecule is c1ccc([NH+]2CCc3ccccc3C2)cc1. The van der Waals surface area contributed by atoms with Gasteiger partial charge >= 0.3 is 0 Å². The lowest BCUT2D eigenvalue weighted by Crippen LogP contribution is -3.07.